The van der Waals surface area contributed by atoms with Gasteiger partial charge in [-0.05, 0) is 48.3 Å². The number of hydrogen-bond acceptors (Lipinski definition) is 1. The van der Waals surface area contributed by atoms with E-state index >= 15 is 0 Å². The molecular formula is C27H40F6O. The number of rotatable bonds is 13. The Morgan fingerprint density at radius 2 is 1.53 bits per heavy atom. The Hall–Kier alpha value is -1.92. The number of alkyl halides is 6. The number of benzene rings is 1. The molecule has 0 fully saturated rings. The van der Waals surface area contributed by atoms with Crippen LogP contribution in [0.15, 0.2) is 37.1 Å². The molecule has 0 aliphatic carbocycles. The third-order valence-corrected chi connectivity index (χ3v) is 6.08. The summed E-state index contributed by atoms with van der Waals surface area (Å²) in [5, 5.41) is 0. The standard InChI is InChI=1S/C26H37F5O.CH3F/c1-8-21(10-9-16(2)3)12-18(5)17(4)11-19(6)32-20(7)22-13-23(25(27)28)15-24(14-22)26(29,30)31;1-2/h13-18,21,25H,6-12H2,1-5H3;1H3/t17?,18?,21-;/m1./s1. The van der Waals surface area contributed by atoms with Gasteiger partial charge in [0.05, 0.1) is 18.5 Å². The average Bonchev–Trinajstić information content (AvgIpc) is 2.76. The van der Waals surface area contributed by atoms with Crippen LogP contribution in [0.3, 0.4) is 0 Å². The lowest BCUT2D eigenvalue weighted by molar-refractivity contribution is -0.137. The summed E-state index contributed by atoms with van der Waals surface area (Å²) >= 11 is 0. The van der Waals surface area contributed by atoms with Crippen molar-refractivity contribution in [2.45, 2.75) is 79.3 Å². The Morgan fingerprint density at radius 1 is 0.941 bits per heavy atom. The monoisotopic (exact) mass is 494 g/mol. The van der Waals surface area contributed by atoms with E-state index in [1.54, 1.807) is 0 Å². The van der Waals surface area contributed by atoms with Crippen molar-refractivity contribution in [3.63, 3.8) is 0 Å². The van der Waals surface area contributed by atoms with E-state index in [-0.39, 0.29) is 17.2 Å². The molecule has 2 unspecified atom stereocenters. The van der Waals surface area contributed by atoms with Crippen LogP contribution >= 0.6 is 0 Å². The van der Waals surface area contributed by atoms with Crippen LogP contribution in [0.1, 0.15) is 89.8 Å². The van der Waals surface area contributed by atoms with Gasteiger partial charge in [-0.15, -0.1) is 0 Å². The molecule has 1 aromatic carbocycles. The zero-order valence-electron chi connectivity index (χ0n) is 21.2. The van der Waals surface area contributed by atoms with E-state index in [2.05, 4.69) is 47.8 Å². The summed E-state index contributed by atoms with van der Waals surface area (Å²) in [6, 6.07) is 2.19. The largest absolute Gasteiger partial charge is 0.462 e. The van der Waals surface area contributed by atoms with Crippen molar-refractivity contribution < 1.29 is 31.1 Å². The number of ether oxygens (including phenoxy) is 1. The van der Waals surface area contributed by atoms with Crippen molar-refractivity contribution in [2.24, 2.45) is 23.7 Å². The van der Waals surface area contributed by atoms with Crippen LogP contribution in [0.5, 0.6) is 0 Å². The van der Waals surface area contributed by atoms with E-state index in [9.17, 15) is 26.3 Å². The van der Waals surface area contributed by atoms with Crippen LogP contribution in [0.25, 0.3) is 5.76 Å². The van der Waals surface area contributed by atoms with Gasteiger partial charge in [0.1, 0.15) is 5.76 Å². The van der Waals surface area contributed by atoms with Crippen molar-refractivity contribution in [3.05, 3.63) is 53.8 Å². The highest BCUT2D eigenvalue weighted by Crippen LogP contribution is 2.36. The molecule has 3 atom stereocenters. The van der Waals surface area contributed by atoms with Gasteiger partial charge in [-0.3, -0.25) is 4.39 Å². The molecule has 0 radical (unpaired) electrons. The van der Waals surface area contributed by atoms with E-state index in [4.69, 9.17) is 4.74 Å². The number of allylic oxidation sites excluding steroid dienone is 1. The molecule has 0 N–H and O–H groups in total. The molecule has 196 valence electrons. The van der Waals surface area contributed by atoms with Crippen LogP contribution < -0.4 is 0 Å². The van der Waals surface area contributed by atoms with Crippen molar-refractivity contribution in [3.8, 4) is 0 Å². The summed E-state index contributed by atoms with van der Waals surface area (Å²) < 4.78 is 80.5. The number of halogens is 6. The molecule has 0 heterocycles. The van der Waals surface area contributed by atoms with Crippen LogP contribution in [0.2, 0.25) is 0 Å². The summed E-state index contributed by atoms with van der Waals surface area (Å²) in [6.45, 7) is 18.5. The molecular weight excluding hydrogens is 454 g/mol. The van der Waals surface area contributed by atoms with Gasteiger partial charge in [0.25, 0.3) is 6.43 Å². The second-order valence-corrected chi connectivity index (χ2v) is 9.35. The fraction of sp³-hybridized carbons (Fsp3) is 0.630. The molecule has 0 aliphatic rings. The van der Waals surface area contributed by atoms with Crippen LogP contribution in [-0.2, 0) is 10.9 Å². The third-order valence-electron chi connectivity index (χ3n) is 6.08. The van der Waals surface area contributed by atoms with E-state index in [0.29, 0.717) is 43.2 Å². The summed E-state index contributed by atoms with van der Waals surface area (Å²) in [5.41, 5.74) is -2.01. The van der Waals surface area contributed by atoms with E-state index in [1.165, 1.54) is 12.8 Å². The Labute approximate surface area is 201 Å². The fourth-order valence-electron chi connectivity index (χ4n) is 3.75. The first kappa shape index (κ1) is 32.1. The second kappa shape index (κ2) is 15.2. The average molecular weight is 495 g/mol. The highest BCUT2D eigenvalue weighted by Gasteiger charge is 2.32. The quantitative estimate of drug-likeness (QED) is 0.196. The molecule has 1 nitrogen and oxygen atoms in total. The second-order valence-electron chi connectivity index (χ2n) is 9.35. The SMILES string of the molecule is C=C(CC(C)C(C)C[C@H](CC)CCC(C)C)OC(=C)c1cc(C(F)F)cc(C(F)(F)F)c1.CF. The van der Waals surface area contributed by atoms with Gasteiger partial charge in [-0.2, -0.15) is 13.2 Å². The van der Waals surface area contributed by atoms with Gasteiger partial charge in [0.2, 0.25) is 0 Å². The van der Waals surface area contributed by atoms with Crippen molar-refractivity contribution in [1.82, 2.24) is 0 Å². The van der Waals surface area contributed by atoms with Crippen LogP contribution in [-0.4, -0.2) is 7.18 Å². The van der Waals surface area contributed by atoms with Crippen molar-refractivity contribution >= 4 is 5.76 Å². The molecule has 1 aromatic rings. The van der Waals surface area contributed by atoms with E-state index < -0.39 is 23.7 Å². The van der Waals surface area contributed by atoms with Crippen molar-refractivity contribution in [1.29, 1.82) is 0 Å². The topological polar surface area (TPSA) is 9.23 Å². The lowest BCUT2D eigenvalue weighted by atomic mass is 9.81. The molecule has 7 heteroatoms. The minimum atomic E-state index is -4.74. The van der Waals surface area contributed by atoms with Gasteiger partial charge in [0.15, 0.2) is 0 Å². The molecule has 0 saturated heterocycles. The maximum absolute atomic E-state index is 13.1. The van der Waals surface area contributed by atoms with Gasteiger partial charge >= 0.3 is 6.18 Å². The summed E-state index contributed by atoms with van der Waals surface area (Å²) in [7, 11) is 0.500. The van der Waals surface area contributed by atoms with Crippen molar-refractivity contribution in [2.75, 3.05) is 7.18 Å². The number of hydrogen-bond donors (Lipinski definition) is 0. The Balaban J connectivity index is 0.00000529. The van der Waals surface area contributed by atoms with Gasteiger partial charge in [0, 0.05) is 17.5 Å². The Morgan fingerprint density at radius 3 is 2.00 bits per heavy atom. The molecule has 0 bridgehead atoms. The smallest absolute Gasteiger partial charge is 0.416 e. The fourth-order valence-corrected chi connectivity index (χ4v) is 3.75. The first-order valence-electron chi connectivity index (χ1n) is 11.7. The molecule has 0 aromatic heterocycles. The minimum absolute atomic E-state index is 0.119. The van der Waals surface area contributed by atoms with E-state index in [0.717, 1.165) is 25.0 Å². The zero-order valence-corrected chi connectivity index (χ0v) is 21.2. The van der Waals surface area contributed by atoms with Gasteiger partial charge < -0.3 is 4.74 Å². The van der Waals surface area contributed by atoms with E-state index in [1.807, 2.05) is 0 Å². The van der Waals surface area contributed by atoms with Crippen LogP contribution in [0, 0.1) is 23.7 Å². The Bertz CT molecular complexity index is 754. The summed E-state index contributed by atoms with van der Waals surface area (Å²) in [4.78, 5) is 0. The molecule has 34 heavy (non-hydrogen) atoms. The zero-order chi connectivity index (χ0) is 26.6. The maximum Gasteiger partial charge on any atom is 0.416 e. The molecule has 0 saturated carbocycles. The predicted molar refractivity (Wildman–Crippen MR) is 128 cm³/mol. The minimum Gasteiger partial charge on any atom is -0.462 e. The van der Waals surface area contributed by atoms with Crippen LogP contribution in [0.4, 0.5) is 26.3 Å². The molecule has 1 rings (SSSR count). The van der Waals surface area contributed by atoms with Gasteiger partial charge in [-0.25, -0.2) is 8.78 Å². The molecule has 0 spiro atoms. The maximum atomic E-state index is 13.1. The summed E-state index contributed by atoms with van der Waals surface area (Å²) in [5.74, 6) is 2.24. The first-order valence-corrected chi connectivity index (χ1v) is 11.7. The predicted octanol–water partition coefficient (Wildman–Crippen LogP) is 10.2. The lowest BCUT2D eigenvalue weighted by Crippen LogP contribution is -2.15. The summed E-state index contributed by atoms with van der Waals surface area (Å²) in [6.07, 6.45) is -2.65. The lowest BCUT2D eigenvalue weighted by Gasteiger charge is -2.26. The highest BCUT2D eigenvalue weighted by atomic mass is 19.4. The Kier molecular flexibility index (Phi) is 14.3. The third kappa shape index (κ3) is 11.5. The highest BCUT2D eigenvalue weighted by molar-refractivity contribution is 5.60. The first-order chi connectivity index (χ1) is 15.7. The normalized spacial score (nSPS) is 14.3. The van der Waals surface area contributed by atoms with Gasteiger partial charge in [-0.1, -0.05) is 67.0 Å². The molecule has 0 amide bonds. The molecule has 0 aliphatic heterocycles.